The Morgan fingerprint density at radius 2 is 0.606 bits per heavy atom. The first-order chi connectivity index (χ1) is 31.1. The van der Waals surface area contributed by atoms with E-state index in [-0.39, 0.29) is 55.9 Å². The third-order valence-electron chi connectivity index (χ3n) is 13.8. The van der Waals surface area contributed by atoms with Crippen molar-refractivity contribution in [1.29, 1.82) is 0 Å². The predicted octanol–water partition coefficient (Wildman–Crippen LogP) is 4.51. The van der Waals surface area contributed by atoms with Crippen molar-refractivity contribution in [3.63, 3.8) is 0 Å². The first-order valence-electron chi connectivity index (χ1n) is 23.0. The van der Waals surface area contributed by atoms with E-state index in [1.165, 1.54) is 24.3 Å². The van der Waals surface area contributed by atoms with Gasteiger partial charge in [-0.3, -0.25) is 56.6 Å². The molecule has 0 radical (unpaired) electrons. The van der Waals surface area contributed by atoms with E-state index < -0.39 is 104 Å². The Bertz CT molecular complexity index is 3030. The summed E-state index contributed by atoms with van der Waals surface area (Å²) in [6.45, 7) is 10.4. The van der Waals surface area contributed by atoms with Crippen LogP contribution in [-0.2, 0) is 9.47 Å². The highest BCUT2D eigenvalue weighted by Gasteiger charge is 2.38. The van der Waals surface area contributed by atoms with Gasteiger partial charge in [-0.2, -0.15) is 0 Å². The smallest absolute Gasteiger partial charge is 0.407 e. The Morgan fingerprint density at radius 1 is 0.394 bits per heavy atom. The molecule has 2 aromatic carbocycles. The highest BCUT2D eigenvalue weighted by atomic mass is 16.6. The van der Waals surface area contributed by atoms with Gasteiger partial charge >= 0.3 is 12.2 Å². The number of hydrogen-bond donors (Lipinski definition) is 2. The van der Waals surface area contributed by atoms with Gasteiger partial charge in [0, 0.05) is 0 Å². The molecule has 3 aliphatic rings. The maximum atomic E-state index is 14.4. The van der Waals surface area contributed by atoms with Crippen LogP contribution in [0.3, 0.4) is 0 Å². The van der Waals surface area contributed by atoms with Gasteiger partial charge in [-0.15, -0.1) is 0 Å². The Labute approximate surface area is 375 Å². The Morgan fingerprint density at radius 3 is 0.848 bits per heavy atom. The van der Waals surface area contributed by atoms with Gasteiger partial charge in [0.25, 0.3) is 44.5 Å². The molecule has 348 valence electrons. The minimum Gasteiger partial charge on any atom is -0.444 e. The van der Waals surface area contributed by atoms with Crippen molar-refractivity contribution < 1.29 is 19.1 Å². The van der Waals surface area contributed by atoms with Crippen LogP contribution >= 0.6 is 0 Å². The fraction of sp³-hybridized carbons (Fsp3) is 0.542. The number of ether oxygens (including phenoxy) is 2. The quantitative estimate of drug-likeness (QED) is 0.235. The van der Waals surface area contributed by atoms with E-state index in [2.05, 4.69) is 10.6 Å². The number of rotatable bonds is 6. The van der Waals surface area contributed by atoms with Gasteiger partial charge in [0.05, 0.1) is 79.3 Å². The molecule has 0 saturated heterocycles. The zero-order valence-corrected chi connectivity index (χ0v) is 37.9. The van der Waals surface area contributed by atoms with Crippen LogP contribution in [0.15, 0.2) is 62.6 Å². The lowest BCUT2D eigenvalue weighted by Gasteiger charge is -2.33. The summed E-state index contributed by atoms with van der Waals surface area (Å²) in [5.74, 6) is 0. The van der Waals surface area contributed by atoms with E-state index in [4.69, 9.17) is 9.47 Å². The lowest BCUT2D eigenvalue weighted by atomic mass is 9.90. The average Bonchev–Trinajstić information content (AvgIpc) is 3.83. The van der Waals surface area contributed by atoms with Crippen LogP contribution in [0.25, 0.3) is 43.1 Å². The fourth-order valence-corrected chi connectivity index (χ4v) is 11.0. The summed E-state index contributed by atoms with van der Waals surface area (Å²) in [5, 5.41) is 5.15. The Hall–Kier alpha value is -6.46. The molecule has 9 rings (SSSR count). The number of alkyl carbamates (subject to hydrolysis) is 2. The number of fused-ring (bicyclic) bond motifs is 4. The van der Waals surface area contributed by atoms with Crippen LogP contribution in [-0.4, -0.2) is 53.7 Å². The first kappa shape index (κ1) is 44.7. The van der Waals surface area contributed by atoms with Crippen LogP contribution in [0.2, 0.25) is 0 Å². The molecule has 3 aliphatic carbocycles. The zero-order valence-electron chi connectivity index (χ0n) is 37.9. The normalized spacial score (nSPS) is 23.2. The number of carbonyl (C=O) groups is 2. The Kier molecular flexibility index (Phi) is 10.9. The van der Waals surface area contributed by atoms with Gasteiger partial charge in [-0.1, -0.05) is 38.5 Å². The van der Waals surface area contributed by atoms with Crippen LogP contribution in [0.5, 0.6) is 0 Å². The number of amides is 2. The largest absolute Gasteiger partial charge is 0.444 e. The number of aromatic nitrogens is 4. The van der Waals surface area contributed by atoms with E-state index in [0.29, 0.717) is 51.4 Å². The summed E-state index contributed by atoms with van der Waals surface area (Å²) in [7, 11) is 0. The molecule has 18 heteroatoms. The van der Waals surface area contributed by atoms with Gasteiger partial charge in [0.15, 0.2) is 0 Å². The van der Waals surface area contributed by atoms with E-state index in [0.717, 1.165) is 31.1 Å². The number of hydrogen-bond acceptors (Lipinski definition) is 12. The fourth-order valence-electron chi connectivity index (χ4n) is 11.0. The minimum atomic E-state index is -0.959. The molecule has 0 spiro atoms. The molecule has 0 aliphatic heterocycles. The first-order valence-corrected chi connectivity index (χ1v) is 23.0. The summed E-state index contributed by atoms with van der Waals surface area (Å²) in [6, 6.07) is 0.635. The third-order valence-corrected chi connectivity index (χ3v) is 13.8. The molecule has 2 unspecified atom stereocenters. The standard InChI is InChI=1S/C48H54N6O12/c1-47(2,3)65-45(63)49-31-13-7-9-15-33(31)51-37(55)23-19-27-28(20-24(23)38(51)56)42(60)53(41(27)59)35-17-11-12-18-36(35)54-43(61)29-21-25-26(22-30(29)44(54)62)40(58)52(39(25)57)34-16-10-8-14-32(34)50-46(64)66-48(4,5)6/h19-22,31-36H,7-18H2,1-6H3,(H,49,63)(H,50,64)/t31-,32-,33-,34?,35?,36-/m1/s1. The predicted molar refractivity (Wildman–Crippen MR) is 248 cm³/mol. The van der Waals surface area contributed by atoms with Crippen molar-refractivity contribution in [1.82, 2.24) is 28.9 Å². The van der Waals surface area contributed by atoms with E-state index in [9.17, 15) is 47.9 Å². The summed E-state index contributed by atoms with van der Waals surface area (Å²) in [4.78, 5) is 139. The van der Waals surface area contributed by atoms with Gasteiger partial charge in [0.1, 0.15) is 11.2 Å². The molecule has 2 N–H and O–H groups in total. The third kappa shape index (κ3) is 7.51. The second-order valence-electron chi connectivity index (χ2n) is 20.4. The molecule has 66 heavy (non-hydrogen) atoms. The lowest BCUT2D eigenvalue weighted by molar-refractivity contribution is 0.0459. The molecule has 2 amide bonds. The molecule has 0 bridgehead atoms. The average molecular weight is 907 g/mol. The molecular weight excluding hydrogens is 853 g/mol. The number of nitrogens with one attached hydrogen (secondary N) is 2. The van der Waals surface area contributed by atoms with Crippen molar-refractivity contribution >= 4 is 55.3 Å². The van der Waals surface area contributed by atoms with Crippen LogP contribution < -0.4 is 55.1 Å². The summed E-state index contributed by atoms with van der Waals surface area (Å²) >= 11 is 0. The topological polar surface area (TPSA) is 233 Å². The van der Waals surface area contributed by atoms with Gasteiger partial charge in [-0.05, 0) is 104 Å². The van der Waals surface area contributed by atoms with Crippen molar-refractivity contribution in [2.24, 2.45) is 0 Å². The van der Waals surface area contributed by atoms with Gasteiger partial charge in [-0.25, -0.2) is 9.59 Å². The van der Waals surface area contributed by atoms with Crippen LogP contribution in [0, 0.1) is 0 Å². The highest BCUT2D eigenvalue weighted by molar-refractivity contribution is 5.99. The van der Waals surface area contributed by atoms with Crippen molar-refractivity contribution in [2.75, 3.05) is 0 Å². The molecule has 3 fully saturated rings. The van der Waals surface area contributed by atoms with Crippen molar-refractivity contribution in [3.8, 4) is 0 Å². The summed E-state index contributed by atoms with van der Waals surface area (Å²) in [5.41, 5.74) is -7.06. The summed E-state index contributed by atoms with van der Waals surface area (Å²) in [6.07, 6.45) is 5.10. The molecule has 3 saturated carbocycles. The molecule has 4 heterocycles. The second kappa shape index (κ2) is 16.2. The molecule has 4 aromatic heterocycles. The van der Waals surface area contributed by atoms with Crippen molar-refractivity contribution in [3.05, 3.63) is 107 Å². The van der Waals surface area contributed by atoms with Crippen LogP contribution in [0.1, 0.15) is 143 Å². The SMILES string of the molecule is CC(C)(C)OC(=O)N[C@@H]1CCCCC1n1c(=O)c2cc3c(=O)n([C@@H]4CCCCC4n4c(=O)c5cc6c(=O)n([C@@H]7CCCC[C@H]7NC(=O)OC(C)(C)C)c(=O)c6cc5c4=O)c(=O)c3cc2c1=O. The maximum Gasteiger partial charge on any atom is 0.407 e. The minimum absolute atomic E-state index is 0.0436. The number of carbonyl (C=O) groups excluding carboxylic acids is 2. The molecular formula is C48H54N6O12. The molecule has 6 atom stereocenters. The lowest BCUT2D eigenvalue weighted by Crippen LogP contribution is -2.48. The summed E-state index contributed by atoms with van der Waals surface area (Å²) < 4.78 is 15.2. The van der Waals surface area contributed by atoms with E-state index in [1.807, 2.05) is 0 Å². The molecule has 18 nitrogen and oxygen atoms in total. The highest BCUT2D eigenvalue weighted by Crippen LogP contribution is 2.37. The Balaban J connectivity index is 1.08. The van der Waals surface area contributed by atoms with Gasteiger partial charge < -0.3 is 20.1 Å². The van der Waals surface area contributed by atoms with E-state index >= 15 is 0 Å². The van der Waals surface area contributed by atoms with Crippen molar-refractivity contribution in [2.45, 2.75) is 166 Å². The van der Waals surface area contributed by atoms with Crippen LogP contribution in [0.4, 0.5) is 9.59 Å². The van der Waals surface area contributed by atoms with Gasteiger partial charge in [0.2, 0.25) is 0 Å². The monoisotopic (exact) mass is 906 g/mol. The van der Waals surface area contributed by atoms with E-state index in [1.54, 1.807) is 41.5 Å². The number of benzene rings is 2. The zero-order chi connectivity index (χ0) is 47.3. The second-order valence-corrected chi connectivity index (χ2v) is 20.4. The number of nitrogens with zero attached hydrogens (tertiary/aromatic N) is 4. The maximum absolute atomic E-state index is 14.4. The molecule has 6 aromatic rings.